The van der Waals surface area contributed by atoms with Crippen LogP contribution in [0.2, 0.25) is 0 Å². The maximum atomic E-state index is 12.2. The third kappa shape index (κ3) is 4.94. The highest BCUT2D eigenvalue weighted by atomic mass is 16.2. The van der Waals surface area contributed by atoms with Crippen LogP contribution in [0.3, 0.4) is 0 Å². The molecular weight excluding hydrogens is 306 g/mol. The van der Waals surface area contributed by atoms with Gasteiger partial charge >= 0.3 is 0 Å². The molecule has 1 aromatic rings. The molecule has 1 aliphatic heterocycles. The molecule has 0 aliphatic carbocycles. The molecule has 128 valence electrons. The first-order valence-electron chi connectivity index (χ1n) is 8.01. The van der Waals surface area contributed by atoms with Crippen LogP contribution in [0.1, 0.15) is 18.4 Å². The fourth-order valence-corrected chi connectivity index (χ4v) is 2.65. The SMILES string of the molecule is C=CC(=O)Nc1ccccc1CC(=O)NCC1CCN(C)C(=O)C1. The van der Waals surface area contributed by atoms with Gasteiger partial charge in [-0.1, -0.05) is 24.8 Å². The van der Waals surface area contributed by atoms with Crippen LogP contribution in [0.15, 0.2) is 36.9 Å². The van der Waals surface area contributed by atoms with E-state index >= 15 is 0 Å². The number of hydrogen-bond donors (Lipinski definition) is 2. The zero-order valence-corrected chi connectivity index (χ0v) is 13.9. The molecule has 0 radical (unpaired) electrons. The number of benzene rings is 1. The molecule has 0 bridgehead atoms. The predicted molar refractivity (Wildman–Crippen MR) is 92.3 cm³/mol. The van der Waals surface area contributed by atoms with Crippen LogP contribution in [0.4, 0.5) is 5.69 Å². The van der Waals surface area contributed by atoms with Crippen molar-refractivity contribution in [3.63, 3.8) is 0 Å². The van der Waals surface area contributed by atoms with E-state index in [2.05, 4.69) is 17.2 Å². The zero-order valence-electron chi connectivity index (χ0n) is 13.9. The molecule has 6 heteroatoms. The van der Waals surface area contributed by atoms with Crippen molar-refractivity contribution in [2.24, 2.45) is 5.92 Å². The quantitative estimate of drug-likeness (QED) is 0.773. The van der Waals surface area contributed by atoms with Crippen molar-refractivity contribution in [1.29, 1.82) is 0 Å². The van der Waals surface area contributed by atoms with Crippen LogP contribution in [0, 0.1) is 5.92 Å². The summed E-state index contributed by atoms with van der Waals surface area (Å²) in [6.07, 6.45) is 2.74. The van der Waals surface area contributed by atoms with E-state index in [1.54, 1.807) is 30.1 Å². The van der Waals surface area contributed by atoms with E-state index in [0.717, 1.165) is 18.5 Å². The van der Waals surface area contributed by atoms with Gasteiger partial charge in [0, 0.05) is 32.2 Å². The van der Waals surface area contributed by atoms with Crippen molar-refractivity contribution in [3.05, 3.63) is 42.5 Å². The molecule has 3 amide bonds. The van der Waals surface area contributed by atoms with Gasteiger partial charge in [0.25, 0.3) is 0 Å². The molecule has 2 N–H and O–H groups in total. The van der Waals surface area contributed by atoms with E-state index in [1.807, 2.05) is 6.07 Å². The van der Waals surface area contributed by atoms with E-state index in [-0.39, 0.29) is 30.1 Å². The Kier molecular flexibility index (Phi) is 6.12. The van der Waals surface area contributed by atoms with Crippen molar-refractivity contribution in [1.82, 2.24) is 10.2 Å². The van der Waals surface area contributed by atoms with Crippen LogP contribution in [0.5, 0.6) is 0 Å². The Morgan fingerprint density at radius 3 is 2.83 bits per heavy atom. The Labute approximate surface area is 141 Å². The van der Waals surface area contributed by atoms with Gasteiger partial charge in [0.05, 0.1) is 6.42 Å². The maximum Gasteiger partial charge on any atom is 0.247 e. The number of carbonyl (C=O) groups excluding carboxylic acids is 3. The summed E-state index contributed by atoms with van der Waals surface area (Å²) in [5, 5.41) is 5.58. The highest BCUT2D eigenvalue weighted by Gasteiger charge is 2.23. The average Bonchev–Trinajstić information content (AvgIpc) is 2.57. The molecule has 1 unspecified atom stereocenters. The second-order valence-electron chi connectivity index (χ2n) is 6.01. The largest absolute Gasteiger partial charge is 0.356 e. The van der Waals surface area contributed by atoms with Crippen molar-refractivity contribution in [2.75, 3.05) is 25.5 Å². The first kappa shape index (κ1) is 17.7. The normalized spacial score (nSPS) is 17.3. The summed E-state index contributed by atoms with van der Waals surface area (Å²) in [4.78, 5) is 37.0. The Bertz CT molecular complexity index is 642. The highest BCUT2D eigenvalue weighted by Crippen LogP contribution is 2.17. The monoisotopic (exact) mass is 329 g/mol. The molecule has 24 heavy (non-hydrogen) atoms. The lowest BCUT2D eigenvalue weighted by Gasteiger charge is -2.28. The average molecular weight is 329 g/mol. The molecule has 1 fully saturated rings. The minimum Gasteiger partial charge on any atom is -0.356 e. The number of nitrogens with one attached hydrogen (secondary N) is 2. The fourth-order valence-electron chi connectivity index (χ4n) is 2.65. The van der Waals surface area contributed by atoms with Crippen LogP contribution >= 0.6 is 0 Å². The third-order valence-corrected chi connectivity index (χ3v) is 4.16. The van der Waals surface area contributed by atoms with E-state index in [4.69, 9.17) is 0 Å². The van der Waals surface area contributed by atoms with E-state index in [1.165, 1.54) is 6.08 Å². The molecule has 1 heterocycles. The summed E-state index contributed by atoms with van der Waals surface area (Å²) in [7, 11) is 1.80. The van der Waals surface area contributed by atoms with Crippen molar-refractivity contribution >= 4 is 23.4 Å². The molecule has 0 saturated carbocycles. The lowest BCUT2D eigenvalue weighted by Crippen LogP contribution is -2.40. The molecular formula is C18H23N3O3. The van der Waals surface area contributed by atoms with E-state index in [9.17, 15) is 14.4 Å². The lowest BCUT2D eigenvalue weighted by atomic mass is 9.96. The highest BCUT2D eigenvalue weighted by molar-refractivity contribution is 5.99. The van der Waals surface area contributed by atoms with Crippen LogP contribution in [0.25, 0.3) is 0 Å². The number of hydrogen-bond acceptors (Lipinski definition) is 3. The van der Waals surface area contributed by atoms with Gasteiger partial charge in [0.1, 0.15) is 0 Å². The van der Waals surface area contributed by atoms with Crippen LogP contribution < -0.4 is 10.6 Å². The number of piperidine rings is 1. The van der Waals surface area contributed by atoms with Crippen molar-refractivity contribution in [2.45, 2.75) is 19.3 Å². The maximum absolute atomic E-state index is 12.2. The molecule has 1 aliphatic rings. The number of likely N-dealkylation sites (tertiary alicyclic amines) is 1. The van der Waals surface area contributed by atoms with E-state index in [0.29, 0.717) is 18.7 Å². The Morgan fingerprint density at radius 2 is 2.12 bits per heavy atom. The number of nitrogens with zero attached hydrogens (tertiary/aromatic N) is 1. The van der Waals surface area contributed by atoms with Crippen LogP contribution in [-0.4, -0.2) is 42.8 Å². The summed E-state index contributed by atoms with van der Waals surface area (Å²) in [6, 6.07) is 7.17. The lowest BCUT2D eigenvalue weighted by molar-refractivity contribution is -0.133. The predicted octanol–water partition coefficient (Wildman–Crippen LogP) is 1.34. The van der Waals surface area contributed by atoms with Gasteiger partial charge < -0.3 is 15.5 Å². The summed E-state index contributed by atoms with van der Waals surface area (Å²) in [5.41, 5.74) is 1.34. The van der Waals surface area contributed by atoms with Gasteiger partial charge in [-0.2, -0.15) is 0 Å². The van der Waals surface area contributed by atoms with Gasteiger partial charge in [-0.05, 0) is 30.0 Å². The van der Waals surface area contributed by atoms with Gasteiger partial charge in [-0.3, -0.25) is 14.4 Å². The Balaban J connectivity index is 1.87. The van der Waals surface area contributed by atoms with Crippen molar-refractivity contribution < 1.29 is 14.4 Å². The first-order valence-corrected chi connectivity index (χ1v) is 8.01. The van der Waals surface area contributed by atoms with E-state index < -0.39 is 0 Å². The molecule has 0 spiro atoms. The summed E-state index contributed by atoms with van der Waals surface area (Å²) < 4.78 is 0. The molecule has 0 aromatic heterocycles. The molecule has 1 saturated heterocycles. The second kappa shape index (κ2) is 8.29. The third-order valence-electron chi connectivity index (χ3n) is 4.16. The van der Waals surface area contributed by atoms with Crippen LogP contribution in [-0.2, 0) is 20.8 Å². The summed E-state index contributed by atoms with van der Waals surface area (Å²) >= 11 is 0. The fraction of sp³-hybridized carbons (Fsp3) is 0.389. The summed E-state index contributed by atoms with van der Waals surface area (Å²) in [6.45, 7) is 4.65. The number of anilines is 1. The molecule has 1 aromatic carbocycles. The zero-order chi connectivity index (χ0) is 17.5. The first-order chi connectivity index (χ1) is 11.5. The molecule has 1 atom stereocenters. The minimum absolute atomic E-state index is 0.123. The standard InChI is InChI=1S/C18H23N3O3/c1-3-16(22)20-15-7-5-4-6-14(15)11-17(23)19-12-13-8-9-21(2)18(24)10-13/h3-7,13H,1,8-12H2,2H3,(H,19,23)(H,20,22). The Hall–Kier alpha value is -2.63. The van der Waals surface area contributed by atoms with Crippen molar-refractivity contribution in [3.8, 4) is 0 Å². The molecule has 6 nitrogen and oxygen atoms in total. The van der Waals surface area contributed by atoms with Gasteiger partial charge in [-0.25, -0.2) is 0 Å². The Morgan fingerprint density at radius 1 is 1.38 bits per heavy atom. The number of amides is 3. The topological polar surface area (TPSA) is 78.5 Å². The molecule has 2 rings (SSSR count). The van der Waals surface area contributed by atoms with Gasteiger partial charge in [0.2, 0.25) is 17.7 Å². The minimum atomic E-state index is -0.312. The summed E-state index contributed by atoms with van der Waals surface area (Å²) in [5.74, 6) is -0.124. The number of rotatable bonds is 6. The smallest absolute Gasteiger partial charge is 0.247 e. The number of carbonyl (C=O) groups is 3. The van der Waals surface area contributed by atoms with Gasteiger partial charge in [-0.15, -0.1) is 0 Å². The van der Waals surface area contributed by atoms with Gasteiger partial charge in [0.15, 0.2) is 0 Å². The second-order valence-corrected chi connectivity index (χ2v) is 6.01. The number of para-hydroxylation sites is 1.